The van der Waals surface area contributed by atoms with Crippen LogP contribution in [-0.2, 0) is 4.74 Å². The van der Waals surface area contributed by atoms with Crippen molar-refractivity contribution in [1.82, 2.24) is 19.5 Å². The standard InChI is InChI=1S/C20H17Cl2N5O4/c21-10-5-9-1-2-12(14(22)15(9)24-6-10)30-7-13-16(28)17(29)20(31-13)27-4-3-11-18(23)25-8-26-19(11)27/h1-6,8,13,16-17,20,28-29H,7H2,(H2,23,25,26)/t13-,16-,17-,20-/m1/s1. The molecule has 160 valence electrons. The quantitative estimate of drug-likeness (QED) is 0.422. The van der Waals surface area contributed by atoms with Crippen molar-refractivity contribution < 1.29 is 19.7 Å². The number of pyridine rings is 1. The van der Waals surface area contributed by atoms with Gasteiger partial charge < -0.3 is 30.0 Å². The Morgan fingerprint density at radius 1 is 1.13 bits per heavy atom. The summed E-state index contributed by atoms with van der Waals surface area (Å²) in [5.74, 6) is 0.696. The van der Waals surface area contributed by atoms with Crippen LogP contribution in [0.15, 0.2) is 43.0 Å². The minimum Gasteiger partial charge on any atom is -0.489 e. The summed E-state index contributed by atoms with van der Waals surface area (Å²) < 4.78 is 13.3. The third kappa shape index (κ3) is 3.44. The van der Waals surface area contributed by atoms with Gasteiger partial charge in [-0.05, 0) is 24.3 Å². The van der Waals surface area contributed by atoms with Gasteiger partial charge in [0.15, 0.2) is 6.23 Å². The van der Waals surface area contributed by atoms with E-state index >= 15 is 0 Å². The lowest BCUT2D eigenvalue weighted by Gasteiger charge is -2.17. The van der Waals surface area contributed by atoms with E-state index in [2.05, 4.69) is 15.0 Å². The lowest BCUT2D eigenvalue weighted by Crippen LogP contribution is -2.34. The van der Waals surface area contributed by atoms with Crippen LogP contribution in [0.3, 0.4) is 0 Å². The second-order valence-corrected chi connectivity index (χ2v) is 7.99. The highest BCUT2D eigenvalue weighted by molar-refractivity contribution is 6.37. The van der Waals surface area contributed by atoms with Crippen molar-refractivity contribution in [2.24, 2.45) is 0 Å². The van der Waals surface area contributed by atoms with Gasteiger partial charge in [0.1, 0.15) is 53.5 Å². The summed E-state index contributed by atoms with van der Waals surface area (Å²) >= 11 is 12.4. The Kier molecular flexibility index (Phi) is 5.07. The first kappa shape index (κ1) is 20.2. The SMILES string of the molecule is Nc1ncnc2c1ccn2[C@@H]1O[C@H](COc2ccc3cc(Cl)cnc3c2Cl)[C@@H](O)[C@H]1O. The molecule has 1 aliphatic rings. The highest BCUT2D eigenvalue weighted by atomic mass is 35.5. The van der Waals surface area contributed by atoms with Gasteiger partial charge in [-0.25, -0.2) is 9.97 Å². The van der Waals surface area contributed by atoms with Crippen LogP contribution in [0.2, 0.25) is 10.0 Å². The number of anilines is 1. The zero-order valence-electron chi connectivity index (χ0n) is 15.9. The van der Waals surface area contributed by atoms with E-state index in [1.807, 2.05) is 0 Å². The average molecular weight is 462 g/mol. The molecule has 1 aliphatic heterocycles. The molecule has 3 aromatic heterocycles. The molecular formula is C20H17Cl2N5O4. The molecule has 0 saturated carbocycles. The van der Waals surface area contributed by atoms with Crippen molar-refractivity contribution in [3.05, 3.63) is 53.0 Å². The highest BCUT2D eigenvalue weighted by Crippen LogP contribution is 2.35. The van der Waals surface area contributed by atoms with Gasteiger partial charge in [-0.1, -0.05) is 23.2 Å². The lowest BCUT2D eigenvalue weighted by molar-refractivity contribution is -0.0471. The first-order valence-electron chi connectivity index (χ1n) is 9.39. The smallest absolute Gasteiger partial charge is 0.164 e. The minimum atomic E-state index is -1.20. The van der Waals surface area contributed by atoms with E-state index < -0.39 is 24.5 Å². The van der Waals surface area contributed by atoms with Crippen molar-refractivity contribution >= 4 is 51.0 Å². The Labute approximate surface area is 186 Å². The van der Waals surface area contributed by atoms with Crippen LogP contribution < -0.4 is 10.5 Å². The van der Waals surface area contributed by atoms with Gasteiger partial charge >= 0.3 is 0 Å². The Morgan fingerprint density at radius 2 is 1.97 bits per heavy atom. The van der Waals surface area contributed by atoms with E-state index in [4.69, 9.17) is 38.4 Å². The number of nitrogen functional groups attached to an aromatic ring is 1. The van der Waals surface area contributed by atoms with Gasteiger partial charge in [0.2, 0.25) is 0 Å². The Bertz CT molecular complexity index is 1280. The van der Waals surface area contributed by atoms with Crippen molar-refractivity contribution in [3.63, 3.8) is 0 Å². The first-order chi connectivity index (χ1) is 14.9. The fourth-order valence-electron chi connectivity index (χ4n) is 3.70. The predicted molar refractivity (Wildman–Crippen MR) is 115 cm³/mol. The van der Waals surface area contributed by atoms with Crippen molar-refractivity contribution in [3.8, 4) is 5.75 Å². The Balaban J connectivity index is 1.36. The van der Waals surface area contributed by atoms with E-state index in [0.717, 1.165) is 5.39 Å². The zero-order valence-corrected chi connectivity index (χ0v) is 17.4. The van der Waals surface area contributed by atoms with Gasteiger partial charge in [-0.2, -0.15) is 0 Å². The maximum atomic E-state index is 10.6. The molecule has 4 N–H and O–H groups in total. The van der Waals surface area contributed by atoms with Crippen LogP contribution in [0, 0.1) is 0 Å². The van der Waals surface area contributed by atoms with Crippen LogP contribution in [-0.4, -0.2) is 54.7 Å². The summed E-state index contributed by atoms with van der Waals surface area (Å²) in [5, 5.41) is 23.3. The van der Waals surface area contributed by atoms with E-state index in [-0.39, 0.29) is 6.61 Å². The van der Waals surface area contributed by atoms with E-state index in [1.54, 1.807) is 35.0 Å². The van der Waals surface area contributed by atoms with Crippen molar-refractivity contribution in [1.29, 1.82) is 0 Å². The first-order valence-corrected chi connectivity index (χ1v) is 10.1. The number of rotatable bonds is 4. The number of fused-ring (bicyclic) bond motifs is 2. The van der Waals surface area contributed by atoms with Crippen LogP contribution in [0.1, 0.15) is 6.23 Å². The summed E-state index contributed by atoms with van der Waals surface area (Å²) in [6.07, 6.45) is 0.454. The van der Waals surface area contributed by atoms with Crippen molar-refractivity contribution in [2.45, 2.75) is 24.5 Å². The van der Waals surface area contributed by atoms with Gasteiger partial charge in [0, 0.05) is 17.8 Å². The molecule has 0 radical (unpaired) electrons. The molecular weight excluding hydrogens is 445 g/mol. The fourth-order valence-corrected chi connectivity index (χ4v) is 4.14. The number of hydrogen-bond donors (Lipinski definition) is 3. The summed E-state index contributed by atoms with van der Waals surface area (Å²) in [4.78, 5) is 12.4. The molecule has 0 amide bonds. The third-order valence-electron chi connectivity index (χ3n) is 5.28. The lowest BCUT2D eigenvalue weighted by atomic mass is 10.1. The molecule has 1 fully saturated rings. The molecule has 9 nitrogen and oxygen atoms in total. The maximum Gasteiger partial charge on any atom is 0.164 e. The molecule has 0 spiro atoms. The van der Waals surface area contributed by atoms with E-state index in [0.29, 0.717) is 38.2 Å². The molecule has 4 heterocycles. The highest BCUT2D eigenvalue weighted by Gasteiger charge is 2.44. The zero-order chi connectivity index (χ0) is 21.7. The molecule has 31 heavy (non-hydrogen) atoms. The van der Waals surface area contributed by atoms with Gasteiger partial charge in [-0.15, -0.1) is 0 Å². The normalized spacial score (nSPS) is 23.6. The van der Waals surface area contributed by atoms with Gasteiger partial charge in [-0.3, -0.25) is 4.98 Å². The molecule has 0 aliphatic carbocycles. The molecule has 11 heteroatoms. The number of hydrogen-bond acceptors (Lipinski definition) is 8. The largest absolute Gasteiger partial charge is 0.489 e. The third-order valence-corrected chi connectivity index (χ3v) is 5.85. The molecule has 0 unspecified atom stereocenters. The monoisotopic (exact) mass is 461 g/mol. The Hall–Kier alpha value is -2.69. The molecule has 0 bridgehead atoms. The van der Waals surface area contributed by atoms with Crippen LogP contribution in [0.25, 0.3) is 21.9 Å². The Morgan fingerprint density at radius 3 is 2.81 bits per heavy atom. The summed E-state index contributed by atoms with van der Waals surface area (Å²) in [6.45, 7) is -0.0378. The molecule has 4 atom stereocenters. The number of aromatic nitrogens is 4. The van der Waals surface area contributed by atoms with Crippen LogP contribution in [0.5, 0.6) is 5.75 Å². The van der Waals surface area contributed by atoms with E-state index in [1.165, 1.54) is 12.5 Å². The van der Waals surface area contributed by atoms with Gasteiger partial charge in [0.05, 0.1) is 15.9 Å². The number of nitrogens with two attached hydrogens (primary N) is 1. The second-order valence-electron chi connectivity index (χ2n) is 7.18. The topological polar surface area (TPSA) is 129 Å². The number of ether oxygens (including phenoxy) is 2. The maximum absolute atomic E-state index is 10.6. The molecule has 1 aromatic carbocycles. The minimum absolute atomic E-state index is 0.0378. The number of aliphatic hydroxyl groups is 2. The second kappa shape index (κ2) is 7.77. The van der Waals surface area contributed by atoms with Crippen LogP contribution in [0.4, 0.5) is 5.82 Å². The summed E-state index contributed by atoms with van der Waals surface area (Å²) in [6, 6.07) is 6.96. The fraction of sp³-hybridized carbons (Fsp3) is 0.250. The molecule has 5 rings (SSSR count). The van der Waals surface area contributed by atoms with Gasteiger partial charge in [0.25, 0.3) is 0 Å². The average Bonchev–Trinajstić information content (AvgIpc) is 3.30. The predicted octanol–water partition coefficient (Wildman–Crippen LogP) is 2.57. The number of halogens is 2. The molecule has 4 aromatic rings. The van der Waals surface area contributed by atoms with E-state index in [9.17, 15) is 10.2 Å². The number of nitrogens with zero attached hydrogens (tertiary/aromatic N) is 4. The number of aliphatic hydroxyl groups excluding tert-OH is 2. The van der Waals surface area contributed by atoms with Crippen molar-refractivity contribution in [2.75, 3.05) is 12.3 Å². The summed E-state index contributed by atoms with van der Waals surface area (Å²) in [5.41, 5.74) is 6.91. The number of benzene rings is 1. The summed E-state index contributed by atoms with van der Waals surface area (Å²) in [7, 11) is 0. The molecule has 1 saturated heterocycles. The van der Waals surface area contributed by atoms with Crippen LogP contribution >= 0.6 is 23.2 Å².